The van der Waals surface area contributed by atoms with Gasteiger partial charge in [0, 0.05) is 16.9 Å². The van der Waals surface area contributed by atoms with E-state index in [2.05, 4.69) is 10.6 Å². The van der Waals surface area contributed by atoms with E-state index in [0.717, 1.165) is 10.5 Å². The van der Waals surface area contributed by atoms with Crippen LogP contribution in [0.3, 0.4) is 0 Å². The number of carbonyl (C=O) groups excluding carboxylic acids is 4. The van der Waals surface area contributed by atoms with Crippen molar-refractivity contribution in [3.63, 3.8) is 0 Å². The van der Waals surface area contributed by atoms with Crippen molar-refractivity contribution in [3.05, 3.63) is 99.7 Å². The molecule has 0 fully saturated rings. The third-order valence-electron chi connectivity index (χ3n) is 5.46. The highest BCUT2D eigenvalue weighted by Crippen LogP contribution is 2.31. The van der Waals surface area contributed by atoms with Crippen LogP contribution in [0.15, 0.2) is 77.5 Å². The van der Waals surface area contributed by atoms with E-state index < -0.39 is 23.7 Å². The quantitative estimate of drug-likeness (QED) is 0.514. The number of amides is 3. The monoisotopic (exact) mass is 488 g/mol. The van der Waals surface area contributed by atoms with Crippen LogP contribution >= 0.6 is 11.6 Å². The number of nitrogens with zero attached hydrogens (tertiary/aromatic N) is 1. The van der Waals surface area contributed by atoms with E-state index in [9.17, 15) is 24.3 Å². The van der Waals surface area contributed by atoms with Crippen LogP contribution in [-0.2, 0) is 9.59 Å². The summed E-state index contributed by atoms with van der Waals surface area (Å²) < 4.78 is 0. The van der Waals surface area contributed by atoms with Gasteiger partial charge in [-0.2, -0.15) is 0 Å². The number of rotatable bonds is 6. The fourth-order valence-corrected chi connectivity index (χ4v) is 3.68. The molecule has 8 nitrogen and oxygen atoms in total. The van der Waals surface area contributed by atoms with Gasteiger partial charge in [0.25, 0.3) is 17.7 Å². The molecule has 0 unspecified atom stereocenters. The second-order valence-corrected chi connectivity index (χ2v) is 8.32. The molecule has 0 spiro atoms. The Hall–Kier alpha value is -4.43. The van der Waals surface area contributed by atoms with Crippen molar-refractivity contribution in [1.82, 2.24) is 0 Å². The van der Waals surface area contributed by atoms with Gasteiger partial charge in [-0.15, -0.1) is 0 Å². The Morgan fingerprint density at radius 2 is 1.49 bits per heavy atom. The minimum Gasteiger partial charge on any atom is -0.545 e. The van der Waals surface area contributed by atoms with E-state index >= 15 is 0 Å². The Morgan fingerprint density at radius 1 is 0.857 bits per heavy atom. The lowest BCUT2D eigenvalue weighted by molar-refractivity contribution is -0.255. The van der Waals surface area contributed by atoms with Crippen molar-refractivity contribution in [2.24, 2.45) is 0 Å². The van der Waals surface area contributed by atoms with E-state index in [1.54, 1.807) is 43.3 Å². The van der Waals surface area contributed by atoms with Crippen molar-refractivity contribution in [2.45, 2.75) is 13.8 Å². The number of carbonyl (C=O) groups is 4. The first-order valence-electron chi connectivity index (χ1n) is 10.5. The van der Waals surface area contributed by atoms with Gasteiger partial charge in [0.05, 0.1) is 11.7 Å². The van der Waals surface area contributed by atoms with E-state index in [0.29, 0.717) is 22.6 Å². The molecule has 35 heavy (non-hydrogen) atoms. The van der Waals surface area contributed by atoms with Crippen molar-refractivity contribution in [1.29, 1.82) is 0 Å². The molecule has 1 heterocycles. The summed E-state index contributed by atoms with van der Waals surface area (Å²) in [6, 6.07) is 17.2. The standard InChI is InChI=1S/C26H20ClN3O5/c1-14-3-11-19(12-4-14)30-24(32)21(27)22(25(30)33)29-20-13-17(6-5-15(20)2)23(31)28-18-9-7-16(8-10-18)26(34)35/h3-13,29H,1-2H3,(H,28,31)(H,34,35)/p-1. The molecule has 2 N–H and O–H groups in total. The highest BCUT2D eigenvalue weighted by atomic mass is 35.5. The number of hydrogen-bond acceptors (Lipinski definition) is 6. The molecule has 0 radical (unpaired) electrons. The summed E-state index contributed by atoms with van der Waals surface area (Å²) in [5.74, 6) is -3.02. The first kappa shape index (κ1) is 23.7. The summed E-state index contributed by atoms with van der Waals surface area (Å²) in [6.07, 6.45) is 0. The van der Waals surface area contributed by atoms with Crippen LogP contribution in [0.1, 0.15) is 31.8 Å². The lowest BCUT2D eigenvalue weighted by Crippen LogP contribution is -2.32. The molecule has 1 aliphatic heterocycles. The molecule has 0 bridgehead atoms. The van der Waals surface area contributed by atoms with Gasteiger partial charge in [-0.25, -0.2) is 4.90 Å². The summed E-state index contributed by atoms with van der Waals surface area (Å²) in [6.45, 7) is 3.67. The van der Waals surface area contributed by atoms with E-state index in [1.165, 1.54) is 30.3 Å². The maximum Gasteiger partial charge on any atom is 0.283 e. The molecule has 4 rings (SSSR count). The maximum atomic E-state index is 13.0. The lowest BCUT2D eigenvalue weighted by Gasteiger charge is -2.16. The Kier molecular flexibility index (Phi) is 6.40. The zero-order valence-electron chi connectivity index (χ0n) is 18.7. The number of imide groups is 1. The average Bonchev–Trinajstić information content (AvgIpc) is 3.04. The molecule has 3 aromatic carbocycles. The second-order valence-electron chi connectivity index (χ2n) is 7.94. The molecule has 176 valence electrons. The molecule has 0 atom stereocenters. The summed E-state index contributed by atoms with van der Waals surface area (Å²) >= 11 is 6.23. The smallest absolute Gasteiger partial charge is 0.283 e. The molecule has 9 heteroatoms. The fourth-order valence-electron chi connectivity index (χ4n) is 3.47. The molecule has 1 aliphatic rings. The Balaban J connectivity index is 1.55. The number of aryl methyl sites for hydroxylation is 2. The van der Waals surface area contributed by atoms with Crippen molar-refractivity contribution in [2.75, 3.05) is 15.5 Å². The number of aromatic carboxylic acids is 1. The van der Waals surface area contributed by atoms with Crippen molar-refractivity contribution in [3.8, 4) is 0 Å². The second kappa shape index (κ2) is 9.44. The number of nitrogens with one attached hydrogen (secondary N) is 2. The number of halogens is 1. The van der Waals surface area contributed by atoms with Gasteiger partial charge in [0.2, 0.25) is 0 Å². The van der Waals surface area contributed by atoms with Crippen LogP contribution in [0.2, 0.25) is 0 Å². The lowest BCUT2D eigenvalue weighted by atomic mass is 10.1. The predicted molar refractivity (Wildman–Crippen MR) is 130 cm³/mol. The predicted octanol–water partition coefficient (Wildman–Crippen LogP) is 3.35. The number of carboxylic acids is 1. The van der Waals surface area contributed by atoms with Gasteiger partial charge in [0.15, 0.2) is 0 Å². The van der Waals surface area contributed by atoms with Gasteiger partial charge in [-0.05, 0) is 61.4 Å². The third-order valence-corrected chi connectivity index (χ3v) is 5.81. The number of anilines is 3. The van der Waals surface area contributed by atoms with Gasteiger partial charge in [0.1, 0.15) is 10.7 Å². The fraction of sp³-hybridized carbons (Fsp3) is 0.0769. The summed E-state index contributed by atoms with van der Waals surface area (Å²) in [5.41, 5.74) is 3.08. The van der Waals surface area contributed by atoms with Gasteiger partial charge in [-0.1, -0.05) is 47.5 Å². The van der Waals surface area contributed by atoms with Crippen LogP contribution in [0, 0.1) is 13.8 Å². The van der Waals surface area contributed by atoms with Crippen molar-refractivity contribution >= 4 is 52.4 Å². The van der Waals surface area contributed by atoms with Crippen LogP contribution < -0.4 is 20.6 Å². The molecular weight excluding hydrogens is 470 g/mol. The topological polar surface area (TPSA) is 119 Å². The first-order valence-corrected chi connectivity index (χ1v) is 10.9. The van der Waals surface area contributed by atoms with Crippen molar-refractivity contribution < 1.29 is 24.3 Å². The highest BCUT2D eigenvalue weighted by molar-refractivity contribution is 6.53. The third kappa shape index (κ3) is 4.78. The minimum absolute atomic E-state index is 0.00886. The zero-order valence-corrected chi connectivity index (χ0v) is 19.5. The normalized spacial score (nSPS) is 13.3. The molecule has 0 saturated carbocycles. The highest BCUT2D eigenvalue weighted by Gasteiger charge is 2.39. The first-order chi connectivity index (χ1) is 16.7. The van der Waals surface area contributed by atoms with Crippen LogP contribution in [0.4, 0.5) is 17.1 Å². The Morgan fingerprint density at radius 3 is 2.11 bits per heavy atom. The summed E-state index contributed by atoms with van der Waals surface area (Å²) in [5, 5.41) is 16.2. The van der Waals surface area contributed by atoms with Crippen LogP contribution in [0.5, 0.6) is 0 Å². The molecule has 0 saturated heterocycles. The van der Waals surface area contributed by atoms with Gasteiger partial charge >= 0.3 is 0 Å². The summed E-state index contributed by atoms with van der Waals surface area (Å²) in [4.78, 5) is 50.4. The van der Waals surface area contributed by atoms with E-state index in [4.69, 9.17) is 11.6 Å². The Labute approximate surface area is 205 Å². The number of hydrogen-bond donors (Lipinski definition) is 2. The molecule has 0 aliphatic carbocycles. The number of benzene rings is 3. The molecule has 3 amide bonds. The Bertz CT molecular complexity index is 1400. The minimum atomic E-state index is -1.31. The molecular formula is C26H19ClN3O5-. The average molecular weight is 489 g/mol. The SMILES string of the molecule is Cc1ccc(N2C(=O)C(Cl)=C(Nc3cc(C(=O)Nc4ccc(C(=O)[O-])cc4)ccc3C)C2=O)cc1. The molecule has 0 aromatic heterocycles. The van der Waals surface area contributed by atoms with Gasteiger partial charge in [-0.3, -0.25) is 14.4 Å². The van der Waals surface area contributed by atoms with Crippen LogP contribution in [0.25, 0.3) is 0 Å². The van der Waals surface area contributed by atoms with Gasteiger partial charge < -0.3 is 20.5 Å². The zero-order chi connectivity index (χ0) is 25.3. The number of carboxylic acid groups (broad SMARTS) is 1. The van der Waals surface area contributed by atoms with E-state index in [-0.39, 0.29) is 21.9 Å². The summed E-state index contributed by atoms with van der Waals surface area (Å²) in [7, 11) is 0. The molecule has 3 aromatic rings. The van der Waals surface area contributed by atoms with Crippen LogP contribution in [-0.4, -0.2) is 23.7 Å². The largest absolute Gasteiger partial charge is 0.545 e. The van der Waals surface area contributed by atoms with E-state index in [1.807, 2.05) is 6.92 Å². The maximum absolute atomic E-state index is 13.0.